The number of amides is 3. The number of ether oxygens (including phenoxy) is 2. The number of nitrogens with one attached hydrogen (secondary N) is 1. The van der Waals surface area contributed by atoms with Gasteiger partial charge in [-0.25, -0.2) is 9.78 Å². The smallest absolute Gasteiger partial charge is 0.321 e. The van der Waals surface area contributed by atoms with Crippen LogP contribution in [-0.4, -0.2) is 103 Å². The van der Waals surface area contributed by atoms with E-state index >= 15 is 0 Å². The van der Waals surface area contributed by atoms with Gasteiger partial charge in [-0.3, -0.25) is 9.69 Å². The third-order valence-corrected chi connectivity index (χ3v) is 6.30. The maximum atomic E-state index is 13.5. The molecule has 10 nitrogen and oxygen atoms in total. The molecule has 1 aliphatic rings. The summed E-state index contributed by atoms with van der Waals surface area (Å²) < 4.78 is 11.6. The lowest BCUT2D eigenvalue weighted by Crippen LogP contribution is -2.50. The van der Waals surface area contributed by atoms with Gasteiger partial charge in [0.2, 0.25) is 5.88 Å². The van der Waals surface area contributed by atoms with Crippen molar-refractivity contribution < 1.29 is 24.2 Å². The van der Waals surface area contributed by atoms with Gasteiger partial charge in [0.1, 0.15) is 17.4 Å². The maximum absolute atomic E-state index is 13.5. The number of aromatic nitrogens is 1. The summed E-state index contributed by atoms with van der Waals surface area (Å²) in [6.07, 6.45) is 1.11. The molecule has 0 bridgehead atoms. The number of carbonyl (C=O) groups excluding carboxylic acids is 2. The van der Waals surface area contributed by atoms with Crippen LogP contribution in [0.2, 0.25) is 0 Å². The number of para-hydroxylation sites is 2. The van der Waals surface area contributed by atoms with Gasteiger partial charge in [-0.2, -0.15) is 0 Å². The molecule has 0 spiro atoms. The van der Waals surface area contributed by atoms with Crippen LogP contribution in [0, 0.1) is 17.8 Å². The predicted molar refractivity (Wildman–Crippen MR) is 145 cm³/mol. The van der Waals surface area contributed by atoms with E-state index in [2.05, 4.69) is 22.1 Å². The van der Waals surface area contributed by atoms with Gasteiger partial charge in [0.25, 0.3) is 5.91 Å². The lowest BCUT2D eigenvalue weighted by Gasteiger charge is -2.37. The zero-order chi connectivity index (χ0) is 27.8. The van der Waals surface area contributed by atoms with Crippen LogP contribution in [0.4, 0.5) is 10.5 Å². The van der Waals surface area contributed by atoms with Crippen molar-refractivity contribution in [2.75, 3.05) is 59.8 Å². The van der Waals surface area contributed by atoms with Crippen LogP contribution in [0.25, 0.3) is 0 Å². The Kier molecular flexibility index (Phi) is 9.93. The van der Waals surface area contributed by atoms with E-state index in [0.29, 0.717) is 30.1 Å². The third-order valence-electron chi connectivity index (χ3n) is 6.30. The van der Waals surface area contributed by atoms with E-state index in [1.165, 1.54) is 4.90 Å². The molecule has 2 aromatic rings. The van der Waals surface area contributed by atoms with Crippen molar-refractivity contribution >= 4 is 17.6 Å². The summed E-state index contributed by atoms with van der Waals surface area (Å²) in [5, 5.41) is 12.7. The summed E-state index contributed by atoms with van der Waals surface area (Å²) >= 11 is 0. The molecule has 1 aromatic heterocycles. The summed E-state index contributed by atoms with van der Waals surface area (Å²) in [6, 6.07) is 8.11. The van der Waals surface area contributed by atoms with Crippen LogP contribution in [0.15, 0.2) is 36.5 Å². The van der Waals surface area contributed by atoms with Crippen LogP contribution in [0.5, 0.6) is 11.6 Å². The second kappa shape index (κ2) is 13.1. The van der Waals surface area contributed by atoms with Gasteiger partial charge < -0.3 is 29.7 Å². The summed E-state index contributed by atoms with van der Waals surface area (Å²) in [5.74, 6) is 6.38. The lowest BCUT2D eigenvalue weighted by molar-refractivity contribution is 0.0356. The van der Waals surface area contributed by atoms with Crippen LogP contribution < -0.4 is 14.8 Å². The normalized spacial score (nSPS) is 17.8. The molecule has 204 valence electrons. The minimum atomic E-state index is -0.471. The molecule has 3 rings (SSSR count). The number of nitrogens with zero attached hydrogens (tertiary/aromatic N) is 4. The standard InChI is InChI=1S/C28H37N5O5/c1-19-16-33(20(2)18-34)27(35)22-14-21(10-9-13-31(3)4)15-29-26(22)38-25(19)17-32(5)28(36)30-23-11-7-8-12-24(23)37-6/h7-8,11-12,14-15,19-20,25,34H,13,16-18H2,1-6H3,(H,30,36)/t19-,20+,25+/m0/s1. The number of likely N-dealkylation sites (N-methyl/N-ethyl adjacent to an activating group) is 1. The number of carbonyl (C=O) groups is 2. The molecule has 0 saturated heterocycles. The summed E-state index contributed by atoms with van der Waals surface area (Å²) in [7, 11) is 7.07. The van der Waals surface area contributed by atoms with Gasteiger partial charge in [0.05, 0.1) is 38.5 Å². The highest BCUT2D eigenvalue weighted by Gasteiger charge is 2.34. The number of fused-ring (bicyclic) bond motifs is 1. The zero-order valence-corrected chi connectivity index (χ0v) is 22.9. The molecule has 0 unspecified atom stereocenters. The van der Waals surface area contributed by atoms with Crippen LogP contribution in [-0.2, 0) is 0 Å². The first-order valence-corrected chi connectivity index (χ1v) is 12.5. The molecule has 2 heterocycles. The molecule has 3 amide bonds. The highest BCUT2D eigenvalue weighted by Crippen LogP contribution is 2.28. The molecule has 1 aliphatic heterocycles. The quantitative estimate of drug-likeness (QED) is 0.537. The number of benzene rings is 1. The van der Waals surface area contributed by atoms with Crippen molar-refractivity contribution in [2.24, 2.45) is 5.92 Å². The topological polar surface area (TPSA) is 107 Å². The number of aliphatic hydroxyl groups excluding tert-OH is 1. The number of methoxy groups -OCH3 is 1. The molecule has 0 aliphatic carbocycles. The van der Waals surface area contributed by atoms with E-state index in [-0.39, 0.29) is 42.5 Å². The Morgan fingerprint density at radius 3 is 2.76 bits per heavy atom. The minimum absolute atomic E-state index is 0.163. The second-order valence-electron chi connectivity index (χ2n) is 9.75. The molecular formula is C28H37N5O5. The monoisotopic (exact) mass is 523 g/mol. The fraction of sp³-hybridized carbons (Fsp3) is 0.464. The molecular weight excluding hydrogens is 486 g/mol. The van der Waals surface area contributed by atoms with Gasteiger partial charge in [-0.05, 0) is 39.2 Å². The number of urea groups is 1. The molecule has 0 fully saturated rings. The average molecular weight is 524 g/mol. The van der Waals surface area contributed by atoms with Crippen molar-refractivity contribution in [2.45, 2.75) is 26.0 Å². The fourth-order valence-electron chi connectivity index (χ4n) is 4.00. The van der Waals surface area contributed by atoms with Crippen molar-refractivity contribution in [1.82, 2.24) is 19.7 Å². The fourth-order valence-corrected chi connectivity index (χ4v) is 4.00. The number of rotatable bonds is 7. The molecule has 0 radical (unpaired) electrons. The minimum Gasteiger partial charge on any atom is -0.495 e. The Morgan fingerprint density at radius 2 is 2.08 bits per heavy atom. The van der Waals surface area contributed by atoms with Gasteiger partial charge in [-0.15, -0.1) is 0 Å². The van der Waals surface area contributed by atoms with Crippen molar-refractivity contribution in [3.05, 3.63) is 47.7 Å². The highest BCUT2D eigenvalue weighted by atomic mass is 16.5. The maximum Gasteiger partial charge on any atom is 0.321 e. The van der Waals surface area contributed by atoms with Crippen LogP contribution in [0.1, 0.15) is 29.8 Å². The van der Waals surface area contributed by atoms with Gasteiger partial charge in [-0.1, -0.05) is 30.9 Å². The number of anilines is 1. The summed E-state index contributed by atoms with van der Waals surface area (Å²) in [6.45, 7) is 4.70. The van der Waals surface area contributed by atoms with Crippen molar-refractivity contribution in [1.29, 1.82) is 0 Å². The Labute approximate surface area is 224 Å². The number of hydrogen-bond donors (Lipinski definition) is 2. The second-order valence-corrected chi connectivity index (χ2v) is 9.75. The van der Waals surface area contributed by atoms with E-state index < -0.39 is 12.1 Å². The predicted octanol–water partition coefficient (Wildman–Crippen LogP) is 2.39. The Hall–Kier alpha value is -3.81. The van der Waals surface area contributed by atoms with E-state index in [9.17, 15) is 14.7 Å². The highest BCUT2D eigenvalue weighted by molar-refractivity contribution is 5.97. The molecule has 1 aromatic carbocycles. The summed E-state index contributed by atoms with van der Waals surface area (Å²) in [5.41, 5.74) is 1.43. The van der Waals surface area contributed by atoms with Gasteiger partial charge in [0, 0.05) is 31.3 Å². The van der Waals surface area contributed by atoms with Crippen molar-refractivity contribution in [3.63, 3.8) is 0 Å². The van der Waals surface area contributed by atoms with Crippen LogP contribution in [0.3, 0.4) is 0 Å². The van der Waals surface area contributed by atoms with Crippen LogP contribution >= 0.6 is 0 Å². The van der Waals surface area contributed by atoms with E-state index in [1.54, 1.807) is 50.4 Å². The Morgan fingerprint density at radius 1 is 1.34 bits per heavy atom. The third kappa shape index (κ3) is 7.15. The average Bonchev–Trinajstić information content (AvgIpc) is 2.90. The lowest BCUT2D eigenvalue weighted by atomic mass is 10.00. The first kappa shape index (κ1) is 28.8. The zero-order valence-electron chi connectivity index (χ0n) is 22.9. The molecule has 10 heteroatoms. The first-order chi connectivity index (χ1) is 18.1. The van der Waals surface area contributed by atoms with E-state index in [4.69, 9.17) is 9.47 Å². The number of hydrogen-bond acceptors (Lipinski definition) is 7. The number of pyridine rings is 1. The molecule has 2 N–H and O–H groups in total. The van der Waals surface area contributed by atoms with E-state index in [1.807, 2.05) is 38.1 Å². The molecule has 3 atom stereocenters. The Balaban J connectivity index is 1.87. The molecule has 0 saturated carbocycles. The summed E-state index contributed by atoms with van der Waals surface area (Å²) in [4.78, 5) is 36.1. The van der Waals surface area contributed by atoms with Gasteiger partial charge in [0.15, 0.2) is 0 Å². The van der Waals surface area contributed by atoms with Crippen molar-refractivity contribution in [3.8, 4) is 23.5 Å². The van der Waals surface area contributed by atoms with E-state index in [0.717, 1.165) is 0 Å². The van der Waals surface area contributed by atoms with Gasteiger partial charge >= 0.3 is 6.03 Å². The molecule has 38 heavy (non-hydrogen) atoms. The largest absolute Gasteiger partial charge is 0.495 e. The first-order valence-electron chi connectivity index (χ1n) is 12.5. The number of aliphatic hydroxyl groups is 1. The Bertz CT molecular complexity index is 1190. The SMILES string of the molecule is COc1ccccc1NC(=O)N(C)C[C@H]1Oc2ncc(C#CCN(C)C)cc2C(=O)N([C@H](C)CO)C[C@@H]1C.